The first-order chi connectivity index (χ1) is 6.81. The van der Waals surface area contributed by atoms with Gasteiger partial charge in [0.05, 0.1) is 0 Å². The zero-order chi connectivity index (χ0) is 12.1. The zero-order valence-corrected chi connectivity index (χ0v) is 9.46. The van der Waals surface area contributed by atoms with Crippen molar-refractivity contribution in [1.29, 1.82) is 0 Å². The van der Waals surface area contributed by atoms with Gasteiger partial charge in [-0.15, -0.1) is 6.58 Å². The highest BCUT2D eigenvalue weighted by atomic mass is 32.2. The maximum atomic E-state index is 11.1. The Bertz CT molecular complexity index is 332. The number of allylic oxidation sites excluding steroid dienone is 1. The van der Waals surface area contributed by atoms with E-state index in [0.717, 1.165) is 0 Å². The van der Waals surface area contributed by atoms with Crippen LogP contribution in [0.1, 0.15) is 32.6 Å². The molecule has 15 heavy (non-hydrogen) atoms. The van der Waals surface area contributed by atoms with Gasteiger partial charge in [0.25, 0.3) is 10.1 Å². The average molecular weight is 236 g/mol. The van der Waals surface area contributed by atoms with Gasteiger partial charge in [-0.3, -0.25) is 9.35 Å². The van der Waals surface area contributed by atoms with Crippen LogP contribution in [0, 0.1) is 0 Å². The molecule has 0 rings (SSSR count). The lowest BCUT2D eigenvalue weighted by Crippen LogP contribution is -2.45. The van der Waals surface area contributed by atoms with Crippen LogP contribution >= 0.6 is 0 Å². The third-order valence-electron chi connectivity index (χ3n) is 2.29. The molecule has 0 bridgehead atoms. The fraction of sp³-hybridized carbons (Fsp3) is 0.667. The summed E-state index contributed by atoms with van der Waals surface area (Å²) in [4.78, 5) is 11.0. The lowest BCUT2D eigenvalue weighted by atomic mass is 9.97. The second-order valence-corrected chi connectivity index (χ2v) is 5.10. The van der Waals surface area contributed by atoms with Gasteiger partial charge in [-0.05, 0) is 12.8 Å². The summed E-state index contributed by atoms with van der Waals surface area (Å²) in [7, 11) is -4.63. The standard InChI is InChI=1S/C9H16O5S/c1-3-5-7-9(6-4-2,8(10)11)15(12,13)14/h4H,2-3,5-7H2,1H3,(H,10,11)(H,12,13,14). The molecule has 0 aromatic rings. The van der Waals surface area contributed by atoms with E-state index in [1.807, 2.05) is 6.92 Å². The van der Waals surface area contributed by atoms with Gasteiger partial charge in [0.2, 0.25) is 0 Å². The molecule has 0 aliphatic carbocycles. The smallest absolute Gasteiger partial charge is 0.327 e. The number of unbranched alkanes of at least 4 members (excludes halogenated alkanes) is 1. The molecule has 0 aromatic carbocycles. The van der Waals surface area contributed by atoms with E-state index in [0.29, 0.717) is 12.8 Å². The Balaban J connectivity index is 5.27. The number of aliphatic carboxylic acids is 1. The maximum absolute atomic E-state index is 11.1. The van der Waals surface area contributed by atoms with E-state index in [4.69, 9.17) is 9.66 Å². The fourth-order valence-electron chi connectivity index (χ4n) is 1.34. The van der Waals surface area contributed by atoms with E-state index in [1.165, 1.54) is 6.08 Å². The van der Waals surface area contributed by atoms with Crippen LogP contribution in [0.3, 0.4) is 0 Å². The van der Waals surface area contributed by atoms with Crippen LogP contribution in [-0.2, 0) is 14.9 Å². The number of carbonyl (C=O) groups is 1. The second-order valence-electron chi connectivity index (χ2n) is 3.37. The van der Waals surface area contributed by atoms with Gasteiger partial charge in [0, 0.05) is 0 Å². The molecule has 0 fully saturated rings. The summed E-state index contributed by atoms with van der Waals surface area (Å²) in [5.74, 6) is -1.53. The molecule has 1 atom stereocenters. The molecule has 0 aromatic heterocycles. The molecule has 0 aliphatic heterocycles. The number of rotatable bonds is 7. The summed E-state index contributed by atoms with van der Waals surface area (Å²) in [6.45, 7) is 5.12. The van der Waals surface area contributed by atoms with Crippen molar-refractivity contribution >= 4 is 16.1 Å². The van der Waals surface area contributed by atoms with Crippen molar-refractivity contribution in [3.63, 3.8) is 0 Å². The van der Waals surface area contributed by atoms with Gasteiger partial charge < -0.3 is 5.11 Å². The van der Waals surface area contributed by atoms with Gasteiger partial charge in [-0.25, -0.2) is 0 Å². The van der Waals surface area contributed by atoms with E-state index in [-0.39, 0.29) is 12.8 Å². The molecule has 0 radical (unpaired) electrons. The van der Waals surface area contributed by atoms with Gasteiger partial charge in [-0.1, -0.05) is 25.8 Å². The summed E-state index contributed by atoms with van der Waals surface area (Å²) in [6, 6.07) is 0. The third kappa shape index (κ3) is 3.04. The molecule has 6 heteroatoms. The molecule has 0 amide bonds. The Morgan fingerprint density at radius 3 is 2.33 bits per heavy atom. The van der Waals surface area contributed by atoms with Crippen molar-refractivity contribution in [2.24, 2.45) is 0 Å². The van der Waals surface area contributed by atoms with Gasteiger partial charge in [-0.2, -0.15) is 8.42 Å². The van der Waals surface area contributed by atoms with Crippen LogP contribution in [0.25, 0.3) is 0 Å². The normalized spacial score (nSPS) is 15.6. The minimum Gasteiger partial charge on any atom is -0.480 e. The number of carboxylic acids is 1. The molecule has 1 unspecified atom stereocenters. The Morgan fingerprint density at radius 2 is 2.07 bits per heavy atom. The zero-order valence-electron chi connectivity index (χ0n) is 8.64. The van der Waals surface area contributed by atoms with Crippen molar-refractivity contribution in [2.75, 3.05) is 0 Å². The summed E-state index contributed by atoms with van der Waals surface area (Å²) in [5, 5.41) is 8.93. The molecule has 0 heterocycles. The Labute approximate surface area is 89.6 Å². The Hall–Kier alpha value is -0.880. The number of hydrogen-bond acceptors (Lipinski definition) is 3. The van der Waals surface area contributed by atoms with Gasteiger partial charge in [0.1, 0.15) is 0 Å². The van der Waals surface area contributed by atoms with Gasteiger partial charge >= 0.3 is 5.97 Å². The fourth-order valence-corrected chi connectivity index (χ4v) is 2.29. The molecule has 0 saturated heterocycles. The minimum atomic E-state index is -4.63. The van der Waals surface area contributed by atoms with Crippen molar-refractivity contribution in [3.05, 3.63) is 12.7 Å². The maximum Gasteiger partial charge on any atom is 0.327 e. The number of hydrogen-bond donors (Lipinski definition) is 2. The van der Waals surface area contributed by atoms with E-state index in [2.05, 4.69) is 6.58 Å². The second kappa shape index (κ2) is 5.27. The van der Waals surface area contributed by atoms with E-state index in [9.17, 15) is 13.2 Å². The van der Waals surface area contributed by atoms with Crippen molar-refractivity contribution in [3.8, 4) is 0 Å². The van der Waals surface area contributed by atoms with E-state index >= 15 is 0 Å². The first-order valence-electron chi connectivity index (χ1n) is 4.63. The van der Waals surface area contributed by atoms with Crippen LogP contribution in [0.5, 0.6) is 0 Å². The van der Waals surface area contributed by atoms with Crippen LogP contribution in [0.4, 0.5) is 0 Å². The number of carboxylic acid groups (broad SMARTS) is 1. The highest BCUT2D eigenvalue weighted by molar-refractivity contribution is 7.88. The molecule has 88 valence electrons. The van der Waals surface area contributed by atoms with E-state index in [1.54, 1.807) is 0 Å². The highest BCUT2D eigenvalue weighted by Crippen LogP contribution is 2.28. The summed E-state index contributed by atoms with van der Waals surface area (Å²) < 4.78 is 29.1. The molecule has 5 nitrogen and oxygen atoms in total. The molecule has 0 spiro atoms. The quantitative estimate of drug-likeness (QED) is 0.515. The molecular formula is C9H16O5S. The minimum absolute atomic E-state index is 0.107. The first-order valence-corrected chi connectivity index (χ1v) is 6.07. The predicted octanol–water partition coefficient (Wildman–Crippen LogP) is 1.46. The lowest BCUT2D eigenvalue weighted by molar-refractivity contribution is -0.140. The van der Waals surface area contributed by atoms with E-state index < -0.39 is 20.8 Å². The molecule has 0 saturated carbocycles. The van der Waals surface area contributed by atoms with Crippen LogP contribution in [-0.4, -0.2) is 28.8 Å². The summed E-state index contributed by atoms with van der Waals surface area (Å²) in [6.07, 6.45) is 1.87. The monoisotopic (exact) mass is 236 g/mol. The largest absolute Gasteiger partial charge is 0.480 e. The summed E-state index contributed by atoms with van der Waals surface area (Å²) >= 11 is 0. The predicted molar refractivity (Wildman–Crippen MR) is 56.3 cm³/mol. The lowest BCUT2D eigenvalue weighted by Gasteiger charge is -2.24. The summed E-state index contributed by atoms with van der Waals surface area (Å²) in [5.41, 5.74) is 0. The van der Waals surface area contributed by atoms with Gasteiger partial charge in [0.15, 0.2) is 4.75 Å². The van der Waals surface area contributed by atoms with Crippen LogP contribution in [0.2, 0.25) is 0 Å². The van der Waals surface area contributed by atoms with Crippen LogP contribution < -0.4 is 0 Å². The van der Waals surface area contributed by atoms with Crippen molar-refractivity contribution < 1.29 is 22.9 Å². The van der Waals surface area contributed by atoms with Crippen LogP contribution in [0.15, 0.2) is 12.7 Å². The first kappa shape index (κ1) is 14.1. The molecular weight excluding hydrogens is 220 g/mol. The topological polar surface area (TPSA) is 91.7 Å². The molecule has 0 aliphatic rings. The molecule has 2 N–H and O–H groups in total. The van der Waals surface area contributed by atoms with Crippen molar-refractivity contribution in [2.45, 2.75) is 37.4 Å². The third-order valence-corrected chi connectivity index (χ3v) is 3.82. The SMILES string of the molecule is C=CCC(CCCC)(C(=O)O)S(=O)(=O)O. The Morgan fingerprint density at radius 1 is 1.53 bits per heavy atom. The average Bonchev–Trinajstić information content (AvgIpc) is 2.09. The van der Waals surface area contributed by atoms with Crippen molar-refractivity contribution in [1.82, 2.24) is 0 Å². The Kier molecular flexibility index (Phi) is 4.96. The highest BCUT2D eigenvalue weighted by Gasteiger charge is 2.48.